The third-order valence-electron chi connectivity index (χ3n) is 4.89. The molecule has 0 aliphatic heterocycles. The Labute approximate surface area is 171 Å². The molecule has 0 N–H and O–H groups in total. The summed E-state index contributed by atoms with van der Waals surface area (Å²) in [7, 11) is 0. The van der Waals surface area contributed by atoms with Crippen LogP contribution in [0.5, 0.6) is 0 Å². The van der Waals surface area contributed by atoms with E-state index in [2.05, 4.69) is 76.6 Å². The van der Waals surface area contributed by atoms with Gasteiger partial charge in [-0.25, -0.2) is 0 Å². The van der Waals surface area contributed by atoms with Crippen LogP contribution in [0.25, 0.3) is 16.9 Å². The fraction of sp³-hybridized carbons (Fsp3) is 0.348. The third kappa shape index (κ3) is 3.70. The van der Waals surface area contributed by atoms with Crippen molar-refractivity contribution in [2.45, 2.75) is 53.4 Å². The Bertz CT molecular complexity index is 850. The van der Waals surface area contributed by atoms with Gasteiger partial charge in [0.15, 0.2) is 0 Å². The Morgan fingerprint density at radius 1 is 0.885 bits per heavy atom. The van der Waals surface area contributed by atoms with Crippen molar-refractivity contribution in [3.63, 3.8) is 0 Å². The maximum Gasteiger partial charge on any atom is 0.0753 e. The number of aromatic nitrogens is 2. The van der Waals surface area contributed by atoms with E-state index in [-0.39, 0.29) is 20.1 Å². The molecule has 0 amide bonds. The standard InChI is InChI=1S/C23H27N2.Ir/c1-15(2)20-13-10-14-21(16(3)4)22(20)23-17(5)18(6)24-25(23)19-11-8-7-9-12-19;/h7-11,13-16H,1-6H3;/q-1;. The van der Waals surface area contributed by atoms with E-state index in [9.17, 15) is 0 Å². The van der Waals surface area contributed by atoms with Gasteiger partial charge in [-0.15, -0.1) is 6.07 Å². The monoisotopic (exact) mass is 524 g/mol. The maximum absolute atomic E-state index is 4.84. The molecule has 3 aromatic rings. The van der Waals surface area contributed by atoms with Crippen LogP contribution < -0.4 is 0 Å². The van der Waals surface area contributed by atoms with Gasteiger partial charge in [0.2, 0.25) is 0 Å². The quantitative estimate of drug-likeness (QED) is 0.372. The Balaban J connectivity index is 0.00000243. The van der Waals surface area contributed by atoms with Crippen LogP contribution in [-0.4, -0.2) is 9.78 Å². The number of nitrogens with zero attached hydrogens (tertiary/aromatic N) is 2. The van der Waals surface area contributed by atoms with E-state index in [1.807, 2.05) is 18.2 Å². The molecular weight excluding hydrogens is 496 g/mol. The maximum atomic E-state index is 4.84. The number of rotatable bonds is 4. The van der Waals surface area contributed by atoms with Gasteiger partial charge < -0.3 is 0 Å². The van der Waals surface area contributed by atoms with Crippen LogP contribution in [-0.2, 0) is 20.1 Å². The first-order chi connectivity index (χ1) is 11.9. The van der Waals surface area contributed by atoms with Gasteiger partial charge in [-0.1, -0.05) is 45.9 Å². The van der Waals surface area contributed by atoms with Crippen molar-refractivity contribution in [2.75, 3.05) is 0 Å². The van der Waals surface area contributed by atoms with Gasteiger partial charge in [-0.3, -0.25) is 4.68 Å². The Hall–Kier alpha value is -1.70. The minimum atomic E-state index is 0. The third-order valence-corrected chi connectivity index (χ3v) is 4.89. The molecule has 1 radical (unpaired) electrons. The van der Waals surface area contributed by atoms with E-state index in [1.165, 1.54) is 27.9 Å². The summed E-state index contributed by atoms with van der Waals surface area (Å²) in [5.41, 5.74) is 8.60. The molecule has 2 nitrogen and oxygen atoms in total. The predicted octanol–water partition coefficient (Wildman–Crippen LogP) is 6.20. The molecule has 0 aliphatic carbocycles. The fourth-order valence-electron chi connectivity index (χ4n) is 3.41. The summed E-state index contributed by atoms with van der Waals surface area (Å²) in [6, 6.07) is 18.1. The molecule has 1 heterocycles. The van der Waals surface area contributed by atoms with Crippen LogP contribution in [0, 0.1) is 19.9 Å². The van der Waals surface area contributed by atoms with Crippen molar-refractivity contribution >= 4 is 0 Å². The Morgan fingerprint density at radius 3 is 2.00 bits per heavy atom. The minimum absolute atomic E-state index is 0. The van der Waals surface area contributed by atoms with E-state index in [4.69, 9.17) is 5.10 Å². The molecule has 0 fully saturated rings. The van der Waals surface area contributed by atoms with Gasteiger partial charge in [0.25, 0.3) is 0 Å². The van der Waals surface area contributed by atoms with Gasteiger partial charge in [0, 0.05) is 25.7 Å². The molecule has 3 heteroatoms. The molecule has 1 aromatic heterocycles. The van der Waals surface area contributed by atoms with E-state index in [1.54, 1.807) is 0 Å². The van der Waals surface area contributed by atoms with E-state index in [0.717, 1.165) is 11.4 Å². The van der Waals surface area contributed by atoms with Gasteiger partial charge in [-0.05, 0) is 48.1 Å². The van der Waals surface area contributed by atoms with Gasteiger partial charge in [0.05, 0.1) is 11.4 Å². The number of para-hydroxylation sites is 1. The van der Waals surface area contributed by atoms with E-state index in [0.29, 0.717) is 11.8 Å². The summed E-state index contributed by atoms with van der Waals surface area (Å²) in [6.45, 7) is 13.3. The average Bonchev–Trinajstić information content (AvgIpc) is 2.90. The molecular formula is C23H27IrN2-. The Morgan fingerprint density at radius 2 is 1.50 bits per heavy atom. The SMILES string of the molecule is Cc1nn(-c2[c-]cccc2)c(-c2c(C(C)C)cccc2C(C)C)c1C.[Ir]. The zero-order chi connectivity index (χ0) is 18.1. The fourth-order valence-corrected chi connectivity index (χ4v) is 3.41. The number of hydrogen-bond acceptors (Lipinski definition) is 1. The summed E-state index contributed by atoms with van der Waals surface area (Å²) in [5, 5.41) is 4.84. The van der Waals surface area contributed by atoms with Crippen LogP contribution in [0.4, 0.5) is 0 Å². The Kier molecular flexibility index (Phi) is 6.60. The molecule has 0 saturated carbocycles. The number of hydrogen-bond donors (Lipinski definition) is 0. The molecule has 0 bridgehead atoms. The van der Waals surface area contributed by atoms with Crippen molar-refractivity contribution in [3.05, 3.63) is 70.9 Å². The zero-order valence-corrected chi connectivity index (χ0v) is 18.8. The number of aryl methyl sites for hydroxylation is 1. The minimum Gasteiger partial charge on any atom is -0.257 e. The van der Waals surface area contributed by atoms with Gasteiger partial charge in [-0.2, -0.15) is 29.4 Å². The molecule has 0 unspecified atom stereocenters. The van der Waals surface area contributed by atoms with Crippen molar-refractivity contribution in [1.82, 2.24) is 9.78 Å². The second kappa shape index (κ2) is 8.33. The van der Waals surface area contributed by atoms with Crippen LogP contribution >= 0.6 is 0 Å². The molecule has 139 valence electrons. The summed E-state index contributed by atoms with van der Waals surface area (Å²) in [5.74, 6) is 0.910. The molecule has 0 spiro atoms. The van der Waals surface area contributed by atoms with Crippen molar-refractivity contribution in [1.29, 1.82) is 0 Å². The molecule has 0 aliphatic rings. The second-order valence-corrected chi connectivity index (χ2v) is 7.34. The van der Waals surface area contributed by atoms with E-state index >= 15 is 0 Å². The van der Waals surface area contributed by atoms with Gasteiger partial charge in [0.1, 0.15) is 0 Å². The zero-order valence-electron chi connectivity index (χ0n) is 16.4. The van der Waals surface area contributed by atoms with E-state index < -0.39 is 0 Å². The molecule has 0 atom stereocenters. The van der Waals surface area contributed by atoms with Crippen molar-refractivity contribution < 1.29 is 20.1 Å². The summed E-state index contributed by atoms with van der Waals surface area (Å²) in [4.78, 5) is 0. The first kappa shape index (κ1) is 20.6. The summed E-state index contributed by atoms with van der Waals surface area (Å²) < 4.78 is 2.07. The van der Waals surface area contributed by atoms with Crippen LogP contribution in [0.3, 0.4) is 0 Å². The summed E-state index contributed by atoms with van der Waals surface area (Å²) >= 11 is 0. The van der Waals surface area contributed by atoms with Gasteiger partial charge >= 0.3 is 0 Å². The molecule has 2 aromatic carbocycles. The van der Waals surface area contributed by atoms with Crippen LogP contribution in [0.1, 0.15) is 61.9 Å². The predicted molar refractivity (Wildman–Crippen MR) is 105 cm³/mol. The molecule has 3 rings (SSSR count). The molecule has 26 heavy (non-hydrogen) atoms. The number of benzene rings is 2. The van der Waals surface area contributed by atoms with Crippen LogP contribution in [0.15, 0.2) is 42.5 Å². The largest absolute Gasteiger partial charge is 0.257 e. The van der Waals surface area contributed by atoms with Crippen molar-refractivity contribution in [3.8, 4) is 16.9 Å². The smallest absolute Gasteiger partial charge is 0.0753 e. The second-order valence-electron chi connectivity index (χ2n) is 7.34. The average molecular weight is 524 g/mol. The molecule has 0 saturated heterocycles. The first-order valence-corrected chi connectivity index (χ1v) is 9.08. The van der Waals surface area contributed by atoms with Crippen molar-refractivity contribution in [2.24, 2.45) is 0 Å². The first-order valence-electron chi connectivity index (χ1n) is 9.08. The normalized spacial score (nSPS) is 11.1. The summed E-state index contributed by atoms with van der Waals surface area (Å²) in [6.07, 6.45) is 0. The van der Waals surface area contributed by atoms with Crippen LogP contribution in [0.2, 0.25) is 0 Å². The topological polar surface area (TPSA) is 17.8 Å².